The molecule has 26 heavy (non-hydrogen) atoms. The molecular weight excluding hydrogens is 328 g/mol. The van der Waals surface area contributed by atoms with E-state index in [0.717, 1.165) is 19.3 Å². The average Bonchev–Trinajstić information content (AvgIpc) is 2.89. The third kappa shape index (κ3) is 3.04. The molecule has 4 nitrogen and oxygen atoms in total. The fourth-order valence-corrected chi connectivity index (χ4v) is 6.11. The first-order chi connectivity index (χ1) is 12.4. The van der Waals surface area contributed by atoms with E-state index in [1.807, 2.05) is 6.07 Å². The summed E-state index contributed by atoms with van der Waals surface area (Å²) in [6, 6.07) is 6.16. The summed E-state index contributed by atoms with van der Waals surface area (Å²) < 4.78 is 10.8. The largest absolute Gasteiger partial charge is 0.463 e. The molecule has 0 spiro atoms. The van der Waals surface area contributed by atoms with Gasteiger partial charge in [-0.05, 0) is 85.0 Å². The highest BCUT2D eigenvalue weighted by atomic mass is 16.5. The van der Waals surface area contributed by atoms with Gasteiger partial charge in [-0.2, -0.15) is 0 Å². The monoisotopic (exact) mass is 356 g/mol. The molecule has 0 aliphatic heterocycles. The lowest BCUT2D eigenvalue weighted by Crippen LogP contribution is -2.39. The molecule has 3 aliphatic rings. The van der Waals surface area contributed by atoms with Crippen LogP contribution in [-0.4, -0.2) is 18.0 Å². The van der Waals surface area contributed by atoms with Crippen LogP contribution in [0, 0.1) is 17.3 Å². The first-order valence-electron chi connectivity index (χ1n) is 9.84. The molecule has 3 aliphatic carbocycles. The molecule has 0 unspecified atom stereocenters. The first kappa shape index (κ1) is 17.6. The van der Waals surface area contributed by atoms with Crippen molar-refractivity contribution in [3.05, 3.63) is 29.3 Å². The van der Waals surface area contributed by atoms with Crippen LogP contribution in [0.15, 0.2) is 18.2 Å². The summed E-state index contributed by atoms with van der Waals surface area (Å²) in [5.41, 5.74) is 3.08. The molecule has 0 heterocycles. The molecule has 4 heteroatoms. The molecular formula is C22H28O4. The van der Waals surface area contributed by atoms with E-state index in [1.165, 1.54) is 44.2 Å². The van der Waals surface area contributed by atoms with Crippen LogP contribution in [0.5, 0.6) is 5.75 Å². The lowest BCUT2D eigenvalue weighted by atomic mass is 9.56. The topological polar surface area (TPSA) is 52.6 Å². The quantitative estimate of drug-likeness (QED) is 0.582. The van der Waals surface area contributed by atoms with Gasteiger partial charge in [-0.3, -0.25) is 9.59 Å². The van der Waals surface area contributed by atoms with E-state index in [4.69, 9.17) is 9.47 Å². The van der Waals surface area contributed by atoms with Gasteiger partial charge in [-0.15, -0.1) is 0 Å². The van der Waals surface area contributed by atoms with Crippen molar-refractivity contribution in [2.24, 2.45) is 17.3 Å². The average molecular weight is 356 g/mol. The third-order valence-corrected chi connectivity index (χ3v) is 7.02. The van der Waals surface area contributed by atoms with Gasteiger partial charge in [0.1, 0.15) is 11.9 Å². The van der Waals surface area contributed by atoms with Crippen LogP contribution < -0.4 is 4.74 Å². The van der Waals surface area contributed by atoms with Crippen molar-refractivity contribution in [3.63, 3.8) is 0 Å². The van der Waals surface area contributed by atoms with Crippen molar-refractivity contribution < 1.29 is 19.1 Å². The molecule has 140 valence electrons. The minimum absolute atomic E-state index is 0.0917. The van der Waals surface area contributed by atoms with Crippen molar-refractivity contribution in [1.29, 1.82) is 0 Å². The van der Waals surface area contributed by atoms with Gasteiger partial charge >= 0.3 is 11.9 Å². The molecule has 1 aromatic rings. The fourth-order valence-electron chi connectivity index (χ4n) is 6.11. The maximum Gasteiger partial charge on any atom is 0.308 e. The predicted molar refractivity (Wildman–Crippen MR) is 97.9 cm³/mol. The Morgan fingerprint density at radius 1 is 1.15 bits per heavy atom. The van der Waals surface area contributed by atoms with Crippen LogP contribution in [0.1, 0.15) is 69.9 Å². The molecule has 0 saturated heterocycles. The maximum atomic E-state index is 11.4. The minimum atomic E-state index is -0.269. The van der Waals surface area contributed by atoms with Crippen LogP contribution >= 0.6 is 0 Å². The second kappa shape index (κ2) is 6.40. The van der Waals surface area contributed by atoms with E-state index >= 15 is 0 Å². The van der Waals surface area contributed by atoms with Crippen molar-refractivity contribution in [2.45, 2.75) is 71.3 Å². The molecule has 2 saturated carbocycles. The number of carbonyl (C=O) groups is 2. The Hall–Kier alpha value is -1.84. The van der Waals surface area contributed by atoms with E-state index in [0.29, 0.717) is 28.9 Å². The molecule has 0 bridgehead atoms. The van der Waals surface area contributed by atoms with E-state index in [-0.39, 0.29) is 18.0 Å². The standard InChI is InChI=1S/C22H28O4/c1-13(23)25-16-5-7-18-15(10-16)4-6-20-19(18)8-9-22(3)12-17(11-21(20)22)26-14(2)24/h5,7,10,17,19-21H,4,6,8-9,11-12H2,1-3H3/t17-,19-,20-,21+,22-/m1/s1. The molecule has 0 radical (unpaired) electrons. The Morgan fingerprint density at radius 3 is 2.69 bits per heavy atom. The molecule has 0 amide bonds. The maximum absolute atomic E-state index is 11.4. The van der Waals surface area contributed by atoms with E-state index in [2.05, 4.69) is 19.1 Å². The van der Waals surface area contributed by atoms with Gasteiger partial charge < -0.3 is 9.47 Å². The lowest BCUT2D eigenvalue weighted by molar-refractivity contribution is -0.146. The van der Waals surface area contributed by atoms with Crippen molar-refractivity contribution in [1.82, 2.24) is 0 Å². The highest BCUT2D eigenvalue weighted by Gasteiger charge is 2.53. The minimum Gasteiger partial charge on any atom is -0.463 e. The summed E-state index contributed by atoms with van der Waals surface area (Å²) in [6.45, 7) is 5.36. The Balaban J connectivity index is 1.57. The lowest BCUT2D eigenvalue weighted by Gasteiger charge is -2.49. The molecule has 5 atom stereocenters. The number of carbonyl (C=O) groups excluding carboxylic acids is 2. The summed E-state index contributed by atoms with van der Waals surface area (Å²) in [6.07, 6.45) is 6.72. The van der Waals surface area contributed by atoms with Crippen LogP contribution in [0.2, 0.25) is 0 Å². The number of hydrogen-bond donors (Lipinski definition) is 0. The van der Waals surface area contributed by atoms with Gasteiger partial charge in [-0.1, -0.05) is 13.0 Å². The zero-order chi connectivity index (χ0) is 18.5. The summed E-state index contributed by atoms with van der Waals surface area (Å²) in [5, 5.41) is 0. The highest BCUT2D eigenvalue weighted by molar-refractivity contribution is 5.69. The Labute approximate surface area is 155 Å². The number of esters is 2. The number of benzene rings is 1. The smallest absolute Gasteiger partial charge is 0.308 e. The summed E-state index contributed by atoms with van der Waals surface area (Å²) >= 11 is 0. The highest BCUT2D eigenvalue weighted by Crippen LogP contribution is 2.61. The number of fused-ring (bicyclic) bond motifs is 5. The molecule has 2 fully saturated rings. The number of aryl methyl sites for hydroxylation is 1. The summed E-state index contributed by atoms with van der Waals surface area (Å²) in [7, 11) is 0. The Kier molecular flexibility index (Phi) is 4.32. The van der Waals surface area contributed by atoms with Crippen LogP contribution in [-0.2, 0) is 20.7 Å². The van der Waals surface area contributed by atoms with Gasteiger partial charge in [0.2, 0.25) is 0 Å². The van der Waals surface area contributed by atoms with Gasteiger partial charge in [0, 0.05) is 13.8 Å². The second-order valence-electron chi connectivity index (χ2n) is 8.73. The van der Waals surface area contributed by atoms with E-state index in [1.54, 1.807) is 0 Å². The van der Waals surface area contributed by atoms with Gasteiger partial charge in [0.15, 0.2) is 0 Å². The van der Waals surface area contributed by atoms with Crippen molar-refractivity contribution in [2.75, 3.05) is 0 Å². The van der Waals surface area contributed by atoms with Gasteiger partial charge in [0.25, 0.3) is 0 Å². The van der Waals surface area contributed by atoms with Gasteiger partial charge in [-0.25, -0.2) is 0 Å². The zero-order valence-corrected chi connectivity index (χ0v) is 15.9. The number of rotatable bonds is 2. The Bertz CT molecular complexity index is 740. The first-order valence-corrected chi connectivity index (χ1v) is 9.84. The predicted octanol–water partition coefficient (Wildman–Crippen LogP) is 4.40. The van der Waals surface area contributed by atoms with E-state index in [9.17, 15) is 9.59 Å². The van der Waals surface area contributed by atoms with Crippen LogP contribution in [0.25, 0.3) is 0 Å². The van der Waals surface area contributed by atoms with E-state index < -0.39 is 0 Å². The van der Waals surface area contributed by atoms with Crippen LogP contribution in [0.4, 0.5) is 0 Å². The third-order valence-electron chi connectivity index (χ3n) is 7.02. The van der Waals surface area contributed by atoms with Crippen molar-refractivity contribution in [3.8, 4) is 5.75 Å². The van der Waals surface area contributed by atoms with Crippen molar-refractivity contribution >= 4 is 11.9 Å². The molecule has 4 rings (SSSR count). The summed E-state index contributed by atoms with van der Waals surface area (Å²) in [4.78, 5) is 22.6. The second-order valence-corrected chi connectivity index (χ2v) is 8.73. The molecule has 0 aromatic heterocycles. The molecule has 1 aromatic carbocycles. The SMILES string of the molecule is CC(=O)Oc1ccc2c(c1)CC[C@@H]1[C@@H]2CC[C@]2(C)C[C@H](OC(C)=O)C[C@@H]12. The van der Waals surface area contributed by atoms with Crippen LogP contribution in [0.3, 0.4) is 0 Å². The number of ether oxygens (including phenoxy) is 2. The summed E-state index contributed by atoms with van der Waals surface area (Å²) in [5.74, 6) is 2.12. The number of hydrogen-bond acceptors (Lipinski definition) is 4. The fraction of sp³-hybridized carbons (Fsp3) is 0.636. The Morgan fingerprint density at radius 2 is 1.96 bits per heavy atom. The van der Waals surface area contributed by atoms with Gasteiger partial charge in [0.05, 0.1) is 0 Å². The zero-order valence-electron chi connectivity index (χ0n) is 15.9. The molecule has 0 N–H and O–H groups in total. The normalized spacial score (nSPS) is 35.0.